The van der Waals surface area contributed by atoms with E-state index in [-0.39, 0.29) is 17.9 Å². The van der Waals surface area contributed by atoms with Crippen molar-refractivity contribution in [3.05, 3.63) is 0 Å². The SMILES string of the molecule is CCC(NC(=O)[C@@H]1CCCN1)C(=O)OC. The summed E-state index contributed by atoms with van der Waals surface area (Å²) in [6.07, 6.45) is 2.39. The molecule has 2 N–H and O–H groups in total. The number of methoxy groups -OCH3 is 1. The van der Waals surface area contributed by atoms with E-state index in [0.717, 1.165) is 19.4 Å². The van der Waals surface area contributed by atoms with E-state index in [1.54, 1.807) is 0 Å². The number of amides is 1. The summed E-state index contributed by atoms with van der Waals surface area (Å²) in [7, 11) is 1.32. The van der Waals surface area contributed by atoms with Crippen molar-refractivity contribution in [3.8, 4) is 0 Å². The molecule has 86 valence electrons. The van der Waals surface area contributed by atoms with Gasteiger partial charge in [-0.3, -0.25) is 4.79 Å². The normalized spacial score (nSPS) is 22.1. The summed E-state index contributed by atoms with van der Waals surface area (Å²) >= 11 is 0. The highest BCUT2D eigenvalue weighted by Gasteiger charge is 2.26. The van der Waals surface area contributed by atoms with Gasteiger partial charge in [0.05, 0.1) is 13.2 Å². The van der Waals surface area contributed by atoms with Crippen molar-refractivity contribution in [1.82, 2.24) is 10.6 Å². The van der Waals surface area contributed by atoms with Crippen molar-refractivity contribution >= 4 is 11.9 Å². The first kappa shape index (κ1) is 12.0. The molecule has 1 aliphatic rings. The zero-order chi connectivity index (χ0) is 11.3. The fourth-order valence-electron chi connectivity index (χ4n) is 1.65. The molecular weight excluding hydrogens is 196 g/mol. The maximum Gasteiger partial charge on any atom is 0.328 e. The molecule has 0 aromatic heterocycles. The molecule has 2 atom stereocenters. The summed E-state index contributed by atoms with van der Waals surface area (Å²) in [5.41, 5.74) is 0. The number of ether oxygens (including phenoxy) is 1. The van der Waals surface area contributed by atoms with Gasteiger partial charge in [0.25, 0.3) is 0 Å². The Labute approximate surface area is 89.6 Å². The molecule has 0 saturated carbocycles. The maximum atomic E-state index is 11.7. The zero-order valence-electron chi connectivity index (χ0n) is 9.21. The minimum Gasteiger partial charge on any atom is -0.467 e. The Balaban J connectivity index is 2.43. The lowest BCUT2D eigenvalue weighted by Gasteiger charge is -2.17. The monoisotopic (exact) mass is 214 g/mol. The number of rotatable bonds is 4. The molecule has 0 spiro atoms. The van der Waals surface area contributed by atoms with Crippen molar-refractivity contribution in [2.75, 3.05) is 13.7 Å². The van der Waals surface area contributed by atoms with Crippen LogP contribution < -0.4 is 10.6 Å². The van der Waals surface area contributed by atoms with Crippen LogP contribution in [0.5, 0.6) is 0 Å². The predicted octanol–water partition coefficient (Wildman–Crippen LogP) is -0.194. The number of hydrogen-bond donors (Lipinski definition) is 2. The minimum atomic E-state index is -0.523. The van der Waals surface area contributed by atoms with Crippen LogP contribution in [-0.2, 0) is 14.3 Å². The highest BCUT2D eigenvalue weighted by atomic mass is 16.5. The predicted molar refractivity (Wildman–Crippen MR) is 55.3 cm³/mol. The molecule has 5 heteroatoms. The smallest absolute Gasteiger partial charge is 0.328 e. The largest absolute Gasteiger partial charge is 0.467 e. The van der Waals surface area contributed by atoms with E-state index in [1.807, 2.05) is 6.92 Å². The molecular formula is C10H18N2O3. The third-order valence-corrected chi connectivity index (χ3v) is 2.59. The lowest BCUT2D eigenvalue weighted by molar-refractivity contribution is -0.145. The van der Waals surface area contributed by atoms with Crippen LogP contribution in [0.15, 0.2) is 0 Å². The molecule has 0 aromatic carbocycles. The van der Waals surface area contributed by atoms with Gasteiger partial charge in [0, 0.05) is 0 Å². The molecule has 1 aliphatic heterocycles. The number of hydrogen-bond acceptors (Lipinski definition) is 4. The first-order valence-corrected chi connectivity index (χ1v) is 5.30. The molecule has 1 fully saturated rings. The van der Waals surface area contributed by atoms with Crippen LogP contribution in [0.25, 0.3) is 0 Å². The Morgan fingerprint density at radius 2 is 2.33 bits per heavy atom. The topological polar surface area (TPSA) is 67.4 Å². The molecule has 1 amide bonds. The Morgan fingerprint density at radius 3 is 2.80 bits per heavy atom. The second kappa shape index (κ2) is 5.70. The van der Waals surface area contributed by atoms with Gasteiger partial charge < -0.3 is 15.4 Å². The molecule has 1 saturated heterocycles. The molecule has 0 aromatic rings. The zero-order valence-corrected chi connectivity index (χ0v) is 9.21. The van der Waals surface area contributed by atoms with Gasteiger partial charge >= 0.3 is 5.97 Å². The highest BCUT2D eigenvalue weighted by molar-refractivity contribution is 5.87. The Kier molecular flexibility index (Phi) is 4.55. The quantitative estimate of drug-likeness (QED) is 0.636. The summed E-state index contributed by atoms with van der Waals surface area (Å²) in [6, 6.07) is -0.673. The van der Waals surface area contributed by atoms with Crippen LogP contribution in [0.3, 0.4) is 0 Å². The van der Waals surface area contributed by atoms with Gasteiger partial charge in [-0.25, -0.2) is 4.79 Å². The Bertz CT molecular complexity index is 237. The van der Waals surface area contributed by atoms with E-state index in [9.17, 15) is 9.59 Å². The van der Waals surface area contributed by atoms with Gasteiger partial charge in [-0.15, -0.1) is 0 Å². The maximum absolute atomic E-state index is 11.7. The lowest BCUT2D eigenvalue weighted by atomic mass is 10.1. The Hall–Kier alpha value is -1.10. The van der Waals surface area contributed by atoms with Gasteiger partial charge in [0.15, 0.2) is 0 Å². The summed E-state index contributed by atoms with van der Waals surface area (Å²) in [5, 5.41) is 5.76. The number of carbonyl (C=O) groups is 2. The molecule has 1 rings (SSSR count). The summed E-state index contributed by atoms with van der Waals surface area (Å²) in [4.78, 5) is 22.9. The van der Waals surface area contributed by atoms with E-state index in [4.69, 9.17) is 0 Å². The minimum absolute atomic E-state index is 0.107. The van der Waals surface area contributed by atoms with Crippen molar-refractivity contribution in [3.63, 3.8) is 0 Å². The number of nitrogens with one attached hydrogen (secondary N) is 2. The fraction of sp³-hybridized carbons (Fsp3) is 0.800. The second-order valence-electron chi connectivity index (χ2n) is 3.64. The van der Waals surface area contributed by atoms with Crippen LogP contribution in [0, 0.1) is 0 Å². The molecule has 1 unspecified atom stereocenters. The van der Waals surface area contributed by atoms with Crippen LogP contribution >= 0.6 is 0 Å². The van der Waals surface area contributed by atoms with Crippen LogP contribution in [0.2, 0.25) is 0 Å². The summed E-state index contributed by atoms with van der Waals surface area (Å²) < 4.78 is 4.59. The van der Waals surface area contributed by atoms with Crippen LogP contribution in [0.1, 0.15) is 26.2 Å². The van der Waals surface area contributed by atoms with Gasteiger partial charge in [-0.1, -0.05) is 6.92 Å². The van der Waals surface area contributed by atoms with Gasteiger partial charge in [0.2, 0.25) is 5.91 Å². The van der Waals surface area contributed by atoms with Crippen LogP contribution in [0.4, 0.5) is 0 Å². The fourth-order valence-corrected chi connectivity index (χ4v) is 1.65. The number of carbonyl (C=O) groups excluding carboxylic acids is 2. The first-order chi connectivity index (χ1) is 7.19. The Morgan fingerprint density at radius 1 is 1.60 bits per heavy atom. The first-order valence-electron chi connectivity index (χ1n) is 5.30. The molecule has 0 bridgehead atoms. The van der Waals surface area contributed by atoms with Crippen molar-refractivity contribution in [2.24, 2.45) is 0 Å². The summed E-state index contributed by atoms with van der Waals surface area (Å²) in [5.74, 6) is -0.492. The van der Waals surface area contributed by atoms with E-state index >= 15 is 0 Å². The van der Waals surface area contributed by atoms with Crippen molar-refractivity contribution in [1.29, 1.82) is 0 Å². The van der Waals surface area contributed by atoms with E-state index in [1.165, 1.54) is 7.11 Å². The van der Waals surface area contributed by atoms with E-state index in [0.29, 0.717) is 6.42 Å². The average molecular weight is 214 g/mol. The van der Waals surface area contributed by atoms with Gasteiger partial charge in [-0.2, -0.15) is 0 Å². The third kappa shape index (κ3) is 3.20. The van der Waals surface area contributed by atoms with E-state index < -0.39 is 6.04 Å². The van der Waals surface area contributed by atoms with Crippen molar-refractivity contribution in [2.45, 2.75) is 38.3 Å². The number of esters is 1. The van der Waals surface area contributed by atoms with Gasteiger partial charge in [-0.05, 0) is 25.8 Å². The molecule has 0 radical (unpaired) electrons. The lowest BCUT2D eigenvalue weighted by Crippen LogP contribution is -2.48. The third-order valence-electron chi connectivity index (χ3n) is 2.59. The van der Waals surface area contributed by atoms with E-state index in [2.05, 4.69) is 15.4 Å². The highest BCUT2D eigenvalue weighted by Crippen LogP contribution is 2.05. The average Bonchev–Trinajstić information content (AvgIpc) is 2.77. The molecule has 15 heavy (non-hydrogen) atoms. The van der Waals surface area contributed by atoms with Crippen molar-refractivity contribution < 1.29 is 14.3 Å². The molecule has 0 aliphatic carbocycles. The van der Waals surface area contributed by atoms with Gasteiger partial charge in [0.1, 0.15) is 6.04 Å². The standard InChI is InChI=1S/C10H18N2O3/c1-3-7(10(14)15-2)12-9(13)8-5-4-6-11-8/h7-8,11H,3-6H2,1-2H3,(H,12,13)/t7?,8-/m0/s1. The molecule has 5 nitrogen and oxygen atoms in total. The summed E-state index contributed by atoms with van der Waals surface area (Å²) in [6.45, 7) is 2.71. The van der Waals surface area contributed by atoms with Crippen LogP contribution in [-0.4, -0.2) is 37.6 Å². The second-order valence-corrected chi connectivity index (χ2v) is 3.64. The molecule has 1 heterocycles.